The van der Waals surface area contributed by atoms with Gasteiger partial charge in [-0.15, -0.1) is 0 Å². The van der Waals surface area contributed by atoms with Crippen LogP contribution in [0.4, 0.5) is 4.39 Å². The first-order valence-electron chi connectivity index (χ1n) is 11.7. The Morgan fingerprint density at radius 1 is 1.17 bits per heavy atom. The lowest BCUT2D eigenvalue weighted by molar-refractivity contribution is 0.108. The predicted molar refractivity (Wildman–Crippen MR) is 124 cm³/mol. The fourth-order valence-corrected chi connectivity index (χ4v) is 5.20. The van der Waals surface area contributed by atoms with Crippen LogP contribution >= 0.6 is 0 Å². The maximum atomic E-state index is 14.6. The Labute approximate surface area is 182 Å². The lowest BCUT2D eigenvalue weighted by Gasteiger charge is -2.32. The third-order valence-electron chi connectivity index (χ3n) is 6.84. The molecule has 2 fully saturated rings. The molecule has 1 aromatic rings. The Balaban J connectivity index is 1.70. The summed E-state index contributed by atoms with van der Waals surface area (Å²) in [6.45, 7) is 4.99. The summed E-state index contributed by atoms with van der Waals surface area (Å²) in [5.41, 5.74) is 3.18. The first-order valence-corrected chi connectivity index (χ1v) is 11.7. The third-order valence-corrected chi connectivity index (χ3v) is 6.84. The SMILES string of the molecule is C\C=C/C=C(\C=C(/C)CC1CCC(O)CC1)CNC1(c2ccccc2F)CCCC1. The highest BCUT2D eigenvalue weighted by atomic mass is 19.1. The van der Waals surface area contributed by atoms with Crippen LogP contribution in [0.25, 0.3) is 0 Å². The zero-order valence-corrected chi connectivity index (χ0v) is 18.7. The van der Waals surface area contributed by atoms with Crippen LogP contribution in [0, 0.1) is 11.7 Å². The number of hydrogen-bond acceptors (Lipinski definition) is 2. The molecule has 0 spiro atoms. The van der Waals surface area contributed by atoms with E-state index >= 15 is 0 Å². The van der Waals surface area contributed by atoms with E-state index in [-0.39, 0.29) is 17.5 Å². The molecule has 0 bridgehead atoms. The molecular formula is C27H38FNO. The highest BCUT2D eigenvalue weighted by molar-refractivity contribution is 5.31. The Bertz CT molecular complexity index is 765. The van der Waals surface area contributed by atoms with Crippen molar-refractivity contribution in [3.05, 3.63) is 71.1 Å². The van der Waals surface area contributed by atoms with Gasteiger partial charge in [0.1, 0.15) is 5.82 Å². The van der Waals surface area contributed by atoms with Crippen molar-refractivity contribution in [3.63, 3.8) is 0 Å². The van der Waals surface area contributed by atoms with Gasteiger partial charge in [-0.05, 0) is 76.4 Å². The van der Waals surface area contributed by atoms with E-state index in [1.807, 2.05) is 25.1 Å². The van der Waals surface area contributed by atoms with Gasteiger partial charge in [-0.2, -0.15) is 0 Å². The molecule has 0 radical (unpaired) electrons. The Morgan fingerprint density at radius 2 is 1.87 bits per heavy atom. The molecule has 2 N–H and O–H groups in total. The maximum Gasteiger partial charge on any atom is 0.128 e. The average molecular weight is 412 g/mol. The number of aliphatic hydroxyl groups excluding tert-OH is 1. The molecule has 2 saturated carbocycles. The van der Waals surface area contributed by atoms with E-state index in [1.165, 1.54) is 11.1 Å². The molecule has 2 nitrogen and oxygen atoms in total. The van der Waals surface area contributed by atoms with Crippen LogP contribution in [-0.2, 0) is 5.54 Å². The number of benzene rings is 1. The van der Waals surface area contributed by atoms with Gasteiger partial charge in [0, 0.05) is 17.6 Å². The number of rotatable bonds is 8. The summed E-state index contributed by atoms with van der Waals surface area (Å²) in [6, 6.07) is 7.25. The second-order valence-corrected chi connectivity index (χ2v) is 9.26. The monoisotopic (exact) mass is 411 g/mol. The molecule has 0 heterocycles. The highest BCUT2D eigenvalue weighted by Gasteiger charge is 2.37. The van der Waals surface area contributed by atoms with Gasteiger partial charge in [-0.3, -0.25) is 0 Å². The summed E-state index contributed by atoms with van der Waals surface area (Å²) in [7, 11) is 0. The number of allylic oxidation sites excluding steroid dienone is 4. The molecule has 3 rings (SSSR count). The summed E-state index contributed by atoms with van der Waals surface area (Å²) in [4.78, 5) is 0. The summed E-state index contributed by atoms with van der Waals surface area (Å²) in [5, 5.41) is 13.5. The molecule has 2 aliphatic carbocycles. The minimum atomic E-state index is -0.262. The van der Waals surface area contributed by atoms with Gasteiger partial charge >= 0.3 is 0 Å². The van der Waals surface area contributed by atoms with Crippen LogP contribution in [0.3, 0.4) is 0 Å². The Hall–Kier alpha value is -1.71. The fourth-order valence-electron chi connectivity index (χ4n) is 5.20. The second kappa shape index (κ2) is 11.1. The van der Waals surface area contributed by atoms with Gasteiger partial charge < -0.3 is 10.4 Å². The van der Waals surface area contributed by atoms with Crippen LogP contribution in [0.2, 0.25) is 0 Å². The average Bonchev–Trinajstić information content (AvgIpc) is 3.22. The highest BCUT2D eigenvalue weighted by Crippen LogP contribution is 2.40. The summed E-state index contributed by atoms with van der Waals surface area (Å²) < 4.78 is 14.6. The van der Waals surface area contributed by atoms with Gasteiger partial charge in [-0.25, -0.2) is 4.39 Å². The van der Waals surface area contributed by atoms with Crippen molar-refractivity contribution in [2.75, 3.05) is 6.54 Å². The molecule has 2 aliphatic rings. The van der Waals surface area contributed by atoms with Crippen molar-refractivity contribution in [1.29, 1.82) is 0 Å². The Morgan fingerprint density at radius 3 is 2.53 bits per heavy atom. The van der Waals surface area contributed by atoms with Gasteiger partial charge in [-0.1, -0.05) is 60.9 Å². The summed E-state index contributed by atoms with van der Waals surface area (Å²) in [6.07, 6.45) is 18.0. The van der Waals surface area contributed by atoms with E-state index in [0.717, 1.165) is 69.9 Å². The van der Waals surface area contributed by atoms with Gasteiger partial charge in [0.2, 0.25) is 0 Å². The molecule has 0 amide bonds. The van der Waals surface area contributed by atoms with Crippen molar-refractivity contribution in [1.82, 2.24) is 5.32 Å². The first kappa shape index (κ1) is 23.0. The van der Waals surface area contributed by atoms with Crippen LogP contribution in [-0.4, -0.2) is 17.8 Å². The van der Waals surface area contributed by atoms with E-state index in [2.05, 4.69) is 30.5 Å². The zero-order valence-electron chi connectivity index (χ0n) is 18.7. The Kier molecular flexibility index (Phi) is 8.47. The molecule has 164 valence electrons. The number of nitrogens with one attached hydrogen (secondary N) is 1. The molecule has 3 heteroatoms. The zero-order chi connectivity index (χ0) is 21.4. The molecule has 0 aromatic heterocycles. The van der Waals surface area contributed by atoms with Crippen molar-refractivity contribution in [3.8, 4) is 0 Å². The molecule has 0 aliphatic heterocycles. The van der Waals surface area contributed by atoms with Crippen LogP contribution in [0.15, 0.2) is 59.7 Å². The van der Waals surface area contributed by atoms with Crippen molar-refractivity contribution < 1.29 is 9.50 Å². The molecule has 1 aromatic carbocycles. The summed E-state index contributed by atoms with van der Waals surface area (Å²) >= 11 is 0. The predicted octanol–water partition coefficient (Wildman–Crippen LogP) is 6.57. The molecule has 0 atom stereocenters. The van der Waals surface area contributed by atoms with Gasteiger partial charge in [0.25, 0.3) is 0 Å². The summed E-state index contributed by atoms with van der Waals surface area (Å²) in [5.74, 6) is 0.581. The molecule has 0 unspecified atom stereocenters. The number of aliphatic hydroxyl groups is 1. The van der Waals surface area contributed by atoms with E-state index in [4.69, 9.17) is 0 Å². The van der Waals surface area contributed by atoms with Crippen LogP contribution in [0.1, 0.15) is 77.2 Å². The van der Waals surface area contributed by atoms with Gasteiger partial charge in [0.15, 0.2) is 0 Å². The number of halogens is 1. The third kappa shape index (κ3) is 6.15. The van der Waals surface area contributed by atoms with Crippen LogP contribution in [0.5, 0.6) is 0 Å². The van der Waals surface area contributed by atoms with Crippen molar-refractivity contribution >= 4 is 0 Å². The standard InChI is InChI=1S/C27H38FNO/c1-3-4-9-23(19-21(2)18-22-12-14-24(30)15-13-22)20-29-27(16-7-8-17-27)25-10-5-6-11-26(25)28/h3-6,9-11,19,22,24,29-30H,7-8,12-18,20H2,1-2H3/b4-3-,21-19+,23-9+. The molecular weight excluding hydrogens is 373 g/mol. The van der Waals surface area contributed by atoms with Crippen molar-refractivity contribution in [2.45, 2.75) is 83.3 Å². The first-order chi connectivity index (χ1) is 14.5. The van der Waals surface area contributed by atoms with Crippen molar-refractivity contribution in [2.24, 2.45) is 5.92 Å². The quantitative estimate of drug-likeness (QED) is 0.474. The molecule has 0 saturated heterocycles. The maximum absolute atomic E-state index is 14.6. The van der Waals surface area contributed by atoms with Gasteiger partial charge in [0.05, 0.1) is 6.10 Å². The minimum absolute atomic E-state index is 0.0964. The topological polar surface area (TPSA) is 32.3 Å². The molecule has 30 heavy (non-hydrogen) atoms. The minimum Gasteiger partial charge on any atom is -0.393 e. The van der Waals surface area contributed by atoms with E-state index in [9.17, 15) is 9.50 Å². The van der Waals surface area contributed by atoms with E-state index < -0.39 is 0 Å². The number of hydrogen-bond donors (Lipinski definition) is 2. The van der Waals surface area contributed by atoms with Crippen LogP contribution < -0.4 is 5.32 Å². The second-order valence-electron chi connectivity index (χ2n) is 9.26. The smallest absolute Gasteiger partial charge is 0.128 e. The lowest BCUT2D eigenvalue weighted by atomic mass is 9.83. The normalized spacial score (nSPS) is 25.2. The lowest BCUT2D eigenvalue weighted by Crippen LogP contribution is -2.41. The largest absolute Gasteiger partial charge is 0.393 e. The van der Waals surface area contributed by atoms with E-state index in [0.29, 0.717) is 5.92 Å². The van der Waals surface area contributed by atoms with E-state index in [1.54, 1.807) is 12.1 Å². The fraction of sp³-hybridized carbons (Fsp3) is 0.556.